The van der Waals surface area contributed by atoms with E-state index >= 15 is 0 Å². The van der Waals surface area contributed by atoms with E-state index < -0.39 is 23.6 Å². The predicted octanol–water partition coefficient (Wildman–Crippen LogP) is 4.50. The largest absolute Gasteiger partial charge is 0.474 e. The van der Waals surface area contributed by atoms with Gasteiger partial charge in [0, 0.05) is 18.7 Å². The lowest BCUT2D eigenvalue weighted by Crippen LogP contribution is -2.56. The number of nitrogens with one attached hydrogen (secondary N) is 1. The van der Waals surface area contributed by atoms with E-state index in [1.807, 2.05) is 13.8 Å². The molecule has 0 aliphatic carbocycles. The van der Waals surface area contributed by atoms with E-state index in [0.717, 1.165) is 31.5 Å². The second-order valence-electron chi connectivity index (χ2n) is 10.5. The number of aromatic nitrogens is 4. The second kappa shape index (κ2) is 10.4. The molecule has 2 saturated heterocycles. The van der Waals surface area contributed by atoms with Gasteiger partial charge in [-0.25, -0.2) is 14.8 Å². The Bertz CT molecular complexity index is 1450. The molecule has 2 bridgehead atoms. The molecule has 0 spiro atoms. The fourth-order valence-corrected chi connectivity index (χ4v) is 5.23. The average Bonchev–Trinajstić information content (AvgIpc) is 3.30. The first kappa shape index (κ1) is 27.1. The van der Waals surface area contributed by atoms with Crippen molar-refractivity contribution in [1.29, 1.82) is 0 Å². The number of anilines is 3. The Kier molecular flexibility index (Phi) is 6.90. The van der Waals surface area contributed by atoms with Gasteiger partial charge >= 0.3 is 12.2 Å². The number of hydrogen-bond donors (Lipinski definition) is 1. The number of hydrogen-bond acceptors (Lipinski definition) is 9. The number of halogens is 3. The predicted molar refractivity (Wildman–Crippen MR) is 142 cm³/mol. The summed E-state index contributed by atoms with van der Waals surface area (Å²) in [5.41, 5.74) is 0.0316. The zero-order valence-corrected chi connectivity index (χ0v) is 22.4. The van der Waals surface area contributed by atoms with Crippen molar-refractivity contribution in [3.05, 3.63) is 48.4 Å². The molecule has 216 valence electrons. The van der Waals surface area contributed by atoms with Gasteiger partial charge in [-0.2, -0.15) is 18.2 Å². The highest BCUT2D eigenvalue weighted by Gasteiger charge is 2.39. The number of piperidine rings is 1. The van der Waals surface area contributed by atoms with Crippen LogP contribution in [0.3, 0.4) is 0 Å². The van der Waals surface area contributed by atoms with Crippen LogP contribution in [0, 0.1) is 0 Å². The van der Waals surface area contributed by atoms with Gasteiger partial charge in [0.2, 0.25) is 5.88 Å². The fraction of sp³-hybridized carbons (Fsp3) is 0.444. The summed E-state index contributed by atoms with van der Waals surface area (Å²) in [6.45, 7) is 5.57. The third-order valence-corrected chi connectivity index (χ3v) is 7.08. The first-order valence-corrected chi connectivity index (χ1v) is 13.2. The van der Waals surface area contributed by atoms with Crippen LogP contribution in [0.1, 0.15) is 32.3 Å². The highest BCUT2D eigenvalue weighted by atomic mass is 19.4. The number of fused-ring (bicyclic) bond motifs is 4. The summed E-state index contributed by atoms with van der Waals surface area (Å²) in [5, 5.41) is 2.78. The minimum absolute atomic E-state index is 0.0882. The topological polar surface area (TPSA) is 115 Å². The van der Waals surface area contributed by atoms with Crippen LogP contribution in [0.5, 0.6) is 5.88 Å². The van der Waals surface area contributed by atoms with Gasteiger partial charge in [-0.3, -0.25) is 15.2 Å². The average molecular weight is 572 g/mol. The highest BCUT2D eigenvalue weighted by Crippen LogP contribution is 2.39. The lowest BCUT2D eigenvalue weighted by atomic mass is 10.0. The third-order valence-electron chi connectivity index (χ3n) is 7.08. The zero-order chi connectivity index (χ0) is 28.8. The van der Waals surface area contributed by atoms with Crippen LogP contribution in [-0.4, -0.2) is 70.2 Å². The van der Waals surface area contributed by atoms with Crippen molar-refractivity contribution >= 4 is 23.4 Å². The van der Waals surface area contributed by atoms with Gasteiger partial charge in [-0.1, -0.05) is 12.1 Å². The van der Waals surface area contributed by atoms with E-state index in [9.17, 15) is 18.0 Å². The molecule has 14 heteroatoms. The molecule has 1 aromatic carbocycles. The van der Waals surface area contributed by atoms with E-state index in [0.29, 0.717) is 24.7 Å². The second-order valence-corrected chi connectivity index (χ2v) is 10.5. The normalized spacial score (nSPS) is 21.4. The molecular formula is C27H28F3N7O4. The van der Waals surface area contributed by atoms with Crippen molar-refractivity contribution in [2.24, 2.45) is 0 Å². The van der Waals surface area contributed by atoms with Gasteiger partial charge in [-0.05, 0) is 38.8 Å². The minimum Gasteiger partial charge on any atom is -0.474 e. The van der Waals surface area contributed by atoms with E-state index in [1.165, 1.54) is 29.4 Å². The molecule has 0 radical (unpaired) electrons. The number of carbonyl (C=O) groups is 1. The molecule has 3 aliphatic heterocycles. The van der Waals surface area contributed by atoms with Gasteiger partial charge in [0.05, 0.1) is 42.5 Å². The Labute approximate surface area is 233 Å². The summed E-state index contributed by atoms with van der Waals surface area (Å²) in [5.74, 6) is 0.100. The van der Waals surface area contributed by atoms with Crippen molar-refractivity contribution in [1.82, 2.24) is 19.9 Å². The molecule has 11 nitrogen and oxygen atoms in total. The van der Waals surface area contributed by atoms with Crippen molar-refractivity contribution in [3.63, 3.8) is 0 Å². The number of carbonyl (C=O) groups excluding carboxylic acids is 1. The van der Waals surface area contributed by atoms with Crippen LogP contribution in [0.15, 0.2) is 42.9 Å². The number of amides is 2. The molecule has 3 aliphatic rings. The Balaban J connectivity index is 1.24. The molecule has 2 atom stereocenters. The highest BCUT2D eigenvalue weighted by molar-refractivity contribution is 6.04. The quantitative estimate of drug-likeness (QED) is 0.473. The molecule has 3 aromatic rings. The number of benzene rings is 1. The minimum atomic E-state index is -4.51. The van der Waals surface area contributed by atoms with Gasteiger partial charge in [0.15, 0.2) is 23.2 Å². The van der Waals surface area contributed by atoms with Gasteiger partial charge in [-0.15, -0.1) is 0 Å². The lowest BCUT2D eigenvalue weighted by Gasteiger charge is -2.45. The summed E-state index contributed by atoms with van der Waals surface area (Å²) in [7, 11) is 0. The maximum atomic E-state index is 13.7. The first-order valence-electron chi connectivity index (χ1n) is 13.2. The molecule has 41 heavy (non-hydrogen) atoms. The maximum absolute atomic E-state index is 13.7. The zero-order valence-electron chi connectivity index (χ0n) is 22.4. The summed E-state index contributed by atoms with van der Waals surface area (Å²) in [6.07, 6.45) is 1.21. The van der Waals surface area contributed by atoms with Crippen molar-refractivity contribution in [3.8, 4) is 17.3 Å². The molecule has 2 fully saturated rings. The molecule has 0 saturated carbocycles. The van der Waals surface area contributed by atoms with Gasteiger partial charge in [0.1, 0.15) is 12.7 Å². The Morgan fingerprint density at radius 2 is 2.07 bits per heavy atom. The molecule has 6 rings (SSSR count). The SMILES string of the molecule is CC1(C)OC[C@H](COc2cncc(NC(=O)N3c4nc(-c5cccc(C(F)(F)F)c5)ncc4N4CCCC3C4)n2)O1. The summed E-state index contributed by atoms with van der Waals surface area (Å²) < 4.78 is 57.0. The lowest BCUT2D eigenvalue weighted by molar-refractivity contribution is -0.141. The smallest absolute Gasteiger partial charge is 0.416 e. The van der Waals surface area contributed by atoms with E-state index in [4.69, 9.17) is 14.2 Å². The Morgan fingerprint density at radius 1 is 1.22 bits per heavy atom. The molecule has 2 amide bonds. The van der Waals surface area contributed by atoms with Crippen molar-refractivity contribution in [2.45, 2.75) is 50.8 Å². The maximum Gasteiger partial charge on any atom is 0.416 e. The summed E-state index contributed by atoms with van der Waals surface area (Å²) in [6, 6.07) is 4.12. The number of nitrogens with zero attached hydrogens (tertiary/aromatic N) is 6. The van der Waals surface area contributed by atoms with E-state index in [1.54, 1.807) is 6.20 Å². The third kappa shape index (κ3) is 5.75. The van der Waals surface area contributed by atoms with Crippen LogP contribution < -0.4 is 19.9 Å². The van der Waals surface area contributed by atoms with Crippen molar-refractivity contribution < 1.29 is 32.2 Å². The molecule has 2 aromatic heterocycles. The van der Waals surface area contributed by atoms with Crippen molar-refractivity contribution in [2.75, 3.05) is 41.4 Å². The van der Waals surface area contributed by atoms with Crippen LogP contribution >= 0.6 is 0 Å². The Morgan fingerprint density at radius 3 is 2.85 bits per heavy atom. The van der Waals surface area contributed by atoms with Crippen LogP contribution in [0.2, 0.25) is 0 Å². The number of urea groups is 1. The van der Waals surface area contributed by atoms with Gasteiger partial charge in [0.25, 0.3) is 0 Å². The van der Waals surface area contributed by atoms with Crippen LogP contribution in [0.25, 0.3) is 11.4 Å². The number of ether oxygens (including phenoxy) is 3. The molecule has 5 heterocycles. The summed E-state index contributed by atoms with van der Waals surface area (Å²) in [4.78, 5) is 34.7. The number of rotatable bonds is 5. The molecular weight excluding hydrogens is 543 g/mol. The standard InChI is InChI=1S/C27H28F3N7O4/c1-26(2)40-15-19(41-26)14-39-22-12-31-11-21(33-22)34-25(38)37-18-7-4-8-36(13-18)20-10-32-23(35-24(20)37)16-5-3-6-17(9-16)27(28,29)30/h3,5-6,9-12,18-19H,4,7-8,13-15H2,1-2H3,(H,33,34,38)/t18?,19-/m0/s1. The van der Waals surface area contributed by atoms with Crippen LogP contribution in [0.4, 0.5) is 35.3 Å². The fourth-order valence-electron chi connectivity index (χ4n) is 5.23. The van der Waals surface area contributed by atoms with Gasteiger partial charge < -0.3 is 19.1 Å². The Hall–Kier alpha value is -4.04. The summed E-state index contributed by atoms with van der Waals surface area (Å²) >= 11 is 0. The monoisotopic (exact) mass is 571 g/mol. The number of alkyl halides is 3. The molecule has 1 N–H and O–H groups in total. The molecule has 1 unspecified atom stereocenters. The first-order chi connectivity index (χ1) is 19.6. The van der Waals surface area contributed by atoms with E-state index in [2.05, 4.69) is 30.2 Å². The van der Waals surface area contributed by atoms with Crippen LogP contribution in [-0.2, 0) is 15.7 Å². The van der Waals surface area contributed by atoms with E-state index in [-0.39, 0.29) is 41.8 Å².